The summed E-state index contributed by atoms with van der Waals surface area (Å²) >= 11 is 5.88. The van der Waals surface area contributed by atoms with Gasteiger partial charge in [-0.2, -0.15) is 27.3 Å². The fraction of sp³-hybridized carbons (Fsp3) is 0.286. The van der Waals surface area contributed by atoms with E-state index in [-0.39, 0.29) is 16.5 Å². The van der Waals surface area contributed by atoms with Crippen LogP contribution < -0.4 is 20.3 Å². The van der Waals surface area contributed by atoms with Crippen molar-refractivity contribution in [1.82, 2.24) is 9.78 Å². The van der Waals surface area contributed by atoms with E-state index in [1.165, 1.54) is 7.05 Å². The lowest BCUT2D eigenvalue weighted by atomic mass is 10.1. The van der Waals surface area contributed by atoms with Crippen LogP contribution in [0, 0.1) is 0 Å². The van der Waals surface area contributed by atoms with Gasteiger partial charge in [-0.15, -0.1) is 0 Å². The van der Waals surface area contributed by atoms with Crippen LogP contribution >= 0.6 is 11.6 Å². The van der Waals surface area contributed by atoms with Crippen molar-refractivity contribution in [3.8, 4) is 17.2 Å². The highest BCUT2D eigenvalue weighted by Crippen LogP contribution is 2.56. The van der Waals surface area contributed by atoms with Gasteiger partial charge in [0.15, 0.2) is 5.75 Å². The maximum absolute atomic E-state index is 14.0. The van der Waals surface area contributed by atoms with Crippen molar-refractivity contribution in [2.75, 3.05) is 19.5 Å². The van der Waals surface area contributed by atoms with Crippen molar-refractivity contribution < 1.29 is 27.0 Å². The Bertz CT molecular complexity index is 917. The normalized spacial score (nSPS) is 16.9. The largest absolute Gasteiger partial charge is 0.497 e. The predicted molar refractivity (Wildman–Crippen MR) is 80.4 cm³/mol. The minimum atomic E-state index is -4.78. The zero-order valence-electron chi connectivity index (χ0n) is 12.7. The first-order valence-corrected chi connectivity index (χ1v) is 7.15. The van der Waals surface area contributed by atoms with Gasteiger partial charge in [0, 0.05) is 13.1 Å². The third-order valence-electron chi connectivity index (χ3n) is 3.63. The predicted octanol–water partition coefficient (Wildman–Crippen LogP) is 3.01. The molecule has 0 spiro atoms. The van der Waals surface area contributed by atoms with Gasteiger partial charge in [0.25, 0.3) is 5.56 Å². The van der Waals surface area contributed by atoms with Crippen LogP contribution in [0.25, 0.3) is 5.69 Å². The lowest BCUT2D eigenvalue weighted by molar-refractivity contribution is -0.296. The molecule has 0 bridgehead atoms. The van der Waals surface area contributed by atoms with Crippen LogP contribution in [0.15, 0.2) is 23.1 Å². The highest BCUT2D eigenvalue weighted by Gasteiger charge is 2.67. The molecule has 2 aromatic rings. The molecule has 2 heterocycles. The van der Waals surface area contributed by atoms with Gasteiger partial charge in [-0.05, 0) is 6.07 Å². The van der Waals surface area contributed by atoms with Crippen molar-refractivity contribution >= 4 is 17.3 Å². The van der Waals surface area contributed by atoms with Gasteiger partial charge in [-0.3, -0.25) is 4.79 Å². The molecule has 0 unspecified atom stereocenters. The van der Waals surface area contributed by atoms with Gasteiger partial charge in [-0.1, -0.05) is 11.6 Å². The number of halogens is 5. The Morgan fingerprint density at radius 1 is 1.32 bits per heavy atom. The number of benzene rings is 1. The molecule has 1 aromatic heterocycles. The number of ether oxygens (including phenoxy) is 2. The second-order valence-corrected chi connectivity index (χ2v) is 5.43. The smallest absolute Gasteiger partial charge is 0.469 e. The molecule has 0 saturated carbocycles. The van der Waals surface area contributed by atoms with E-state index in [1.54, 1.807) is 0 Å². The van der Waals surface area contributed by atoms with Gasteiger partial charge in [0.05, 0.1) is 24.6 Å². The van der Waals surface area contributed by atoms with E-state index in [2.05, 4.69) is 15.2 Å². The number of alkyl halides is 4. The summed E-state index contributed by atoms with van der Waals surface area (Å²) in [4.78, 5) is 12.3. The first-order chi connectivity index (χ1) is 11.6. The van der Waals surface area contributed by atoms with Crippen molar-refractivity contribution in [3.05, 3.63) is 39.3 Å². The van der Waals surface area contributed by atoms with Gasteiger partial charge < -0.3 is 14.8 Å². The molecule has 6 nitrogen and oxygen atoms in total. The average molecular weight is 380 g/mol. The number of fused-ring (bicyclic) bond motifs is 1. The van der Waals surface area contributed by atoms with E-state index in [1.807, 2.05) is 0 Å². The minimum Gasteiger partial charge on any atom is -0.497 e. The van der Waals surface area contributed by atoms with Crippen molar-refractivity contribution in [2.24, 2.45) is 0 Å². The molecule has 0 saturated heterocycles. The minimum absolute atomic E-state index is 0.180. The van der Waals surface area contributed by atoms with Gasteiger partial charge in [0.2, 0.25) is 0 Å². The molecule has 1 aliphatic heterocycles. The number of aromatic nitrogens is 2. The Kier molecular flexibility index (Phi) is 3.82. The van der Waals surface area contributed by atoms with E-state index in [4.69, 9.17) is 16.3 Å². The molecule has 0 fully saturated rings. The zero-order valence-corrected chi connectivity index (χ0v) is 13.5. The molecular weight excluding hydrogens is 370 g/mol. The van der Waals surface area contributed by atoms with Crippen LogP contribution in [0.5, 0.6) is 11.5 Å². The van der Waals surface area contributed by atoms with Crippen LogP contribution in [-0.4, -0.2) is 30.0 Å². The summed E-state index contributed by atoms with van der Waals surface area (Å²) in [7, 11) is 2.64. The Morgan fingerprint density at radius 3 is 2.60 bits per heavy atom. The molecular formula is C14H10ClF4N3O3. The van der Waals surface area contributed by atoms with Crippen molar-refractivity contribution in [3.63, 3.8) is 0 Å². The van der Waals surface area contributed by atoms with Gasteiger partial charge >= 0.3 is 12.0 Å². The molecule has 0 radical (unpaired) electrons. The van der Waals surface area contributed by atoms with Crippen LogP contribution in [-0.2, 0) is 5.92 Å². The second kappa shape index (κ2) is 5.51. The first-order valence-electron chi connectivity index (χ1n) is 6.77. The number of hydrogen-bond acceptors (Lipinski definition) is 5. The third kappa shape index (κ3) is 2.39. The van der Waals surface area contributed by atoms with Crippen molar-refractivity contribution in [2.45, 2.75) is 12.0 Å². The molecule has 25 heavy (non-hydrogen) atoms. The SMILES string of the molecule is CNc1cnn(-c2cc(OC)cc3c2OC(F)(F)C3(F)F)c(=O)c1Cl. The second-order valence-electron chi connectivity index (χ2n) is 5.06. The standard InChI is InChI=1S/C14H10ClF4N3O3/c1-20-8-5-21-22(12(23)10(8)15)9-4-6(24-2)3-7-11(9)25-14(18,19)13(7,16)17/h3-5,20H,1-2H3. The molecule has 1 aliphatic rings. The molecule has 0 atom stereocenters. The van der Waals surface area contributed by atoms with Crippen LogP contribution in [0.4, 0.5) is 23.2 Å². The Morgan fingerprint density at radius 2 is 2.00 bits per heavy atom. The van der Waals surface area contributed by atoms with E-state index in [9.17, 15) is 22.4 Å². The van der Waals surface area contributed by atoms with Crippen LogP contribution in [0.3, 0.4) is 0 Å². The summed E-state index contributed by atoms with van der Waals surface area (Å²) in [6.45, 7) is 0. The van der Waals surface area contributed by atoms with Crippen LogP contribution in [0.1, 0.15) is 5.56 Å². The average Bonchev–Trinajstić information content (AvgIpc) is 2.75. The van der Waals surface area contributed by atoms with Gasteiger partial charge in [0.1, 0.15) is 16.5 Å². The molecule has 1 aromatic carbocycles. The maximum atomic E-state index is 14.0. The van der Waals surface area contributed by atoms with Crippen LogP contribution in [0.2, 0.25) is 5.02 Å². The van der Waals surface area contributed by atoms with Gasteiger partial charge in [-0.25, -0.2) is 0 Å². The number of rotatable bonds is 3. The molecule has 0 amide bonds. The third-order valence-corrected chi connectivity index (χ3v) is 3.99. The number of nitrogens with one attached hydrogen (secondary N) is 1. The monoisotopic (exact) mass is 379 g/mol. The molecule has 1 N–H and O–H groups in total. The summed E-state index contributed by atoms with van der Waals surface area (Å²) in [6.07, 6.45) is -3.64. The summed E-state index contributed by atoms with van der Waals surface area (Å²) in [5.41, 5.74) is -2.29. The molecule has 11 heteroatoms. The summed E-state index contributed by atoms with van der Waals surface area (Å²) in [5, 5.41) is 6.07. The fourth-order valence-electron chi connectivity index (χ4n) is 2.33. The summed E-state index contributed by atoms with van der Waals surface area (Å²) < 4.78 is 64.7. The highest BCUT2D eigenvalue weighted by molar-refractivity contribution is 6.32. The fourth-order valence-corrected chi connectivity index (χ4v) is 2.55. The number of hydrogen-bond donors (Lipinski definition) is 1. The maximum Gasteiger partial charge on any atom is 0.469 e. The molecule has 3 rings (SSSR count). The van der Waals surface area contributed by atoms with E-state index < -0.39 is 34.6 Å². The number of methoxy groups -OCH3 is 1. The molecule has 134 valence electrons. The highest BCUT2D eigenvalue weighted by atomic mass is 35.5. The first kappa shape index (κ1) is 17.3. The summed E-state index contributed by atoms with van der Waals surface area (Å²) in [6, 6.07) is 1.79. The lowest BCUT2D eigenvalue weighted by Crippen LogP contribution is -2.37. The Labute approximate surface area is 142 Å². The van der Waals surface area contributed by atoms with Crippen molar-refractivity contribution in [1.29, 1.82) is 0 Å². The Balaban J connectivity index is 2.32. The number of anilines is 1. The zero-order chi connectivity index (χ0) is 18.6. The summed E-state index contributed by atoms with van der Waals surface area (Å²) in [5.74, 6) is -5.67. The quantitative estimate of drug-likeness (QED) is 0.830. The van der Waals surface area contributed by atoms with E-state index in [0.717, 1.165) is 19.4 Å². The lowest BCUT2D eigenvalue weighted by Gasteiger charge is -2.16. The Hall–Kier alpha value is -2.49. The van der Waals surface area contributed by atoms with E-state index in [0.29, 0.717) is 10.7 Å². The van der Waals surface area contributed by atoms with E-state index >= 15 is 0 Å². The topological polar surface area (TPSA) is 65.4 Å². The number of nitrogens with zero attached hydrogens (tertiary/aromatic N) is 2. The molecule has 0 aliphatic carbocycles.